The van der Waals surface area contributed by atoms with Crippen LogP contribution in [0.15, 0.2) is 89.3 Å². The van der Waals surface area contributed by atoms with Crippen molar-refractivity contribution in [3.05, 3.63) is 102 Å². The number of carbonyl (C=O) groups excluding carboxylic acids is 1. The molecule has 190 valence electrons. The summed E-state index contributed by atoms with van der Waals surface area (Å²) in [5.74, 6) is 3.41. The number of para-hydroxylation sites is 1. The van der Waals surface area contributed by atoms with Crippen molar-refractivity contribution in [3.8, 4) is 23.0 Å². The quantitative estimate of drug-likeness (QED) is 0.257. The number of aromatic nitrogens is 1. The standard InChI is InChI=1S/C31H32N2O4/c1-23-29(32-30(36-23)26-8-4-2-5-9-26)19-21-35-27-16-14-24(15-17-27)12-13-25-18-20-33(22-25)31(34)37-28-10-6-3-7-11-28/h2-11,14-17,25H,12-13,18-22H2,1H3. The van der Waals surface area contributed by atoms with Gasteiger partial charge in [0.05, 0.1) is 12.3 Å². The fourth-order valence-corrected chi connectivity index (χ4v) is 4.64. The lowest BCUT2D eigenvalue weighted by molar-refractivity contribution is 0.161. The van der Waals surface area contributed by atoms with E-state index in [-0.39, 0.29) is 6.09 Å². The number of hydrogen-bond donors (Lipinski definition) is 0. The van der Waals surface area contributed by atoms with Crippen LogP contribution in [0.4, 0.5) is 4.79 Å². The molecule has 1 aromatic heterocycles. The number of benzene rings is 3. The fourth-order valence-electron chi connectivity index (χ4n) is 4.64. The van der Waals surface area contributed by atoms with E-state index in [1.807, 2.05) is 72.5 Å². The molecule has 0 spiro atoms. The summed E-state index contributed by atoms with van der Waals surface area (Å²) >= 11 is 0. The Balaban J connectivity index is 1.04. The molecule has 0 N–H and O–H groups in total. The molecule has 1 aliphatic rings. The van der Waals surface area contributed by atoms with E-state index >= 15 is 0 Å². The molecule has 3 aromatic carbocycles. The summed E-state index contributed by atoms with van der Waals surface area (Å²) < 4.78 is 17.3. The lowest BCUT2D eigenvalue weighted by atomic mass is 9.99. The highest BCUT2D eigenvalue weighted by Crippen LogP contribution is 2.25. The van der Waals surface area contributed by atoms with E-state index in [2.05, 4.69) is 17.1 Å². The number of oxazole rings is 1. The number of ether oxygens (including phenoxy) is 2. The molecule has 1 saturated heterocycles. The maximum Gasteiger partial charge on any atom is 0.415 e. The van der Waals surface area contributed by atoms with Crippen LogP contribution >= 0.6 is 0 Å². The van der Waals surface area contributed by atoms with Gasteiger partial charge in [0.25, 0.3) is 0 Å². The molecule has 1 unspecified atom stereocenters. The zero-order chi connectivity index (χ0) is 25.5. The Morgan fingerprint density at radius 1 is 0.946 bits per heavy atom. The van der Waals surface area contributed by atoms with E-state index in [0.29, 0.717) is 30.6 Å². The summed E-state index contributed by atoms with van der Waals surface area (Å²) in [5.41, 5.74) is 3.18. The smallest absolute Gasteiger partial charge is 0.415 e. The van der Waals surface area contributed by atoms with Crippen LogP contribution in [-0.2, 0) is 12.8 Å². The number of rotatable bonds is 9. The number of nitrogens with zero attached hydrogens (tertiary/aromatic N) is 2. The number of aryl methyl sites for hydroxylation is 2. The summed E-state index contributed by atoms with van der Waals surface area (Å²) in [4.78, 5) is 18.9. The third kappa shape index (κ3) is 6.58. The molecule has 1 aliphatic heterocycles. The van der Waals surface area contributed by atoms with Gasteiger partial charge in [0, 0.05) is 25.1 Å². The minimum atomic E-state index is -0.257. The minimum absolute atomic E-state index is 0.257. The first-order valence-corrected chi connectivity index (χ1v) is 12.9. The number of likely N-dealkylation sites (tertiary alicyclic amines) is 1. The maximum atomic E-state index is 12.4. The van der Waals surface area contributed by atoms with Crippen molar-refractivity contribution in [2.24, 2.45) is 5.92 Å². The van der Waals surface area contributed by atoms with Gasteiger partial charge in [0.2, 0.25) is 5.89 Å². The van der Waals surface area contributed by atoms with Crippen molar-refractivity contribution in [1.29, 1.82) is 0 Å². The van der Waals surface area contributed by atoms with Crippen LogP contribution in [0, 0.1) is 12.8 Å². The Bertz CT molecular complexity index is 1290. The summed E-state index contributed by atoms with van der Waals surface area (Å²) in [7, 11) is 0. The summed E-state index contributed by atoms with van der Waals surface area (Å²) in [6.45, 7) is 3.98. The van der Waals surface area contributed by atoms with E-state index in [4.69, 9.17) is 13.9 Å². The van der Waals surface area contributed by atoms with E-state index < -0.39 is 0 Å². The molecule has 4 aromatic rings. The van der Waals surface area contributed by atoms with Crippen molar-refractivity contribution in [3.63, 3.8) is 0 Å². The number of amides is 1. The van der Waals surface area contributed by atoms with Crippen LogP contribution in [0.25, 0.3) is 11.5 Å². The zero-order valence-electron chi connectivity index (χ0n) is 21.1. The van der Waals surface area contributed by atoms with Crippen LogP contribution in [0.1, 0.15) is 29.9 Å². The first kappa shape index (κ1) is 24.6. The molecule has 0 saturated carbocycles. The second kappa shape index (κ2) is 11.8. The van der Waals surface area contributed by atoms with E-state index in [0.717, 1.165) is 55.1 Å². The Labute approximate surface area is 217 Å². The van der Waals surface area contributed by atoms with Crippen molar-refractivity contribution in [2.45, 2.75) is 32.6 Å². The molecule has 2 heterocycles. The lowest BCUT2D eigenvalue weighted by Gasteiger charge is -2.16. The number of hydrogen-bond acceptors (Lipinski definition) is 5. The van der Waals surface area contributed by atoms with Crippen molar-refractivity contribution in [2.75, 3.05) is 19.7 Å². The Morgan fingerprint density at radius 3 is 2.43 bits per heavy atom. The average Bonchev–Trinajstić information content (AvgIpc) is 3.56. The van der Waals surface area contributed by atoms with Crippen molar-refractivity contribution >= 4 is 6.09 Å². The molecule has 0 radical (unpaired) electrons. The van der Waals surface area contributed by atoms with Gasteiger partial charge in [-0.15, -0.1) is 0 Å². The molecule has 1 amide bonds. The second-order valence-electron chi connectivity index (χ2n) is 9.45. The third-order valence-corrected chi connectivity index (χ3v) is 6.78. The molecule has 0 aliphatic carbocycles. The van der Waals surface area contributed by atoms with Crippen LogP contribution in [-0.4, -0.2) is 35.7 Å². The van der Waals surface area contributed by atoms with Crippen LogP contribution < -0.4 is 9.47 Å². The molecular weight excluding hydrogens is 464 g/mol. The topological polar surface area (TPSA) is 64.8 Å². The highest BCUT2D eigenvalue weighted by Gasteiger charge is 2.27. The van der Waals surface area contributed by atoms with Crippen molar-refractivity contribution < 1.29 is 18.7 Å². The van der Waals surface area contributed by atoms with Gasteiger partial charge in [0.15, 0.2) is 0 Å². The van der Waals surface area contributed by atoms with Gasteiger partial charge in [-0.05, 0) is 74.1 Å². The van der Waals surface area contributed by atoms with Crippen LogP contribution in [0.3, 0.4) is 0 Å². The number of carbonyl (C=O) groups is 1. The predicted molar refractivity (Wildman–Crippen MR) is 143 cm³/mol. The lowest BCUT2D eigenvalue weighted by Crippen LogP contribution is -2.31. The molecule has 1 atom stereocenters. The van der Waals surface area contributed by atoms with E-state index in [1.54, 1.807) is 12.1 Å². The molecule has 1 fully saturated rings. The summed E-state index contributed by atoms with van der Waals surface area (Å²) in [6, 6.07) is 27.5. The van der Waals surface area contributed by atoms with E-state index in [9.17, 15) is 4.79 Å². The molecule has 37 heavy (non-hydrogen) atoms. The van der Waals surface area contributed by atoms with Gasteiger partial charge in [-0.2, -0.15) is 0 Å². The van der Waals surface area contributed by atoms with Gasteiger partial charge >= 0.3 is 6.09 Å². The van der Waals surface area contributed by atoms with Crippen LogP contribution in [0.2, 0.25) is 0 Å². The summed E-state index contributed by atoms with van der Waals surface area (Å²) in [5, 5.41) is 0. The normalized spacial score (nSPS) is 15.1. The average molecular weight is 497 g/mol. The second-order valence-corrected chi connectivity index (χ2v) is 9.45. The Kier molecular flexibility index (Phi) is 7.84. The first-order chi connectivity index (χ1) is 18.1. The fraction of sp³-hybridized carbons (Fsp3) is 0.290. The van der Waals surface area contributed by atoms with E-state index in [1.165, 1.54) is 5.56 Å². The maximum absolute atomic E-state index is 12.4. The molecular formula is C31H32N2O4. The summed E-state index contributed by atoms with van der Waals surface area (Å²) in [6.07, 6.45) is 3.47. The van der Waals surface area contributed by atoms with Gasteiger partial charge in [-0.25, -0.2) is 9.78 Å². The predicted octanol–water partition coefficient (Wildman–Crippen LogP) is 6.73. The van der Waals surface area contributed by atoms with Gasteiger partial charge in [-0.3, -0.25) is 0 Å². The molecule has 6 nitrogen and oxygen atoms in total. The third-order valence-electron chi connectivity index (χ3n) is 6.78. The Morgan fingerprint density at radius 2 is 1.68 bits per heavy atom. The highest BCUT2D eigenvalue weighted by molar-refractivity contribution is 5.71. The molecule has 6 heteroatoms. The Hall–Kier alpha value is -4.06. The van der Waals surface area contributed by atoms with Gasteiger partial charge in [0.1, 0.15) is 17.3 Å². The van der Waals surface area contributed by atoms with Crippen molar-refractivity contribution in [1.82, 2.24) is 9.88 Å². The van der Waals surface area contributed by atoms with Gasteiger partial charge in [-0.1, -0.05) is 48.5 Å². The van der Waals surface area contributed by atoms with Crippen LogP contribution in [0.5, 0.6) is 11.5 Å². The minimum Gasteiger partial charge on any atom is -0.493 e. The highest BCUT2D eigenvalue weighted by atomic mass is 16.6. The van der Waals surface area contributed by atoms with Gasteiger partial charge < -0.3 is 18.8 Å². The molecule has 0 bridgehead atoms. The SMILES string of the molecule is Cc1oc(-c2ccccc2)nc1CCOc1ccc(CCC2CCN(C(=O)Oc3ccccc3)C2)cc1. The first-order valence-electron chi connectivity index (χ1n) is 12.9. The largest absolute Gasteiger partial charge is 0.493 e. The molecule has 5 rings (SSSR count). The monoisotopic (exact) mass is 496 g/mol. The zero-order valence-corrected chi connectivity index (χ0v) is 21.1.